The molecule has 3 aromatic rings. The molecule has 0 radical (unpaired) electrons. The van der Waals surface area contributed by atoms with Gasteiger partial charge < -0.3 is 20.4 Å². The van der Waals surface area contributed by atoms with Gasteiger partial charge in [0.15, 0.2) is 5.65 Å². The van der Waals surface area contributed by atoms with Crippen LogP contribution in [0, 0.1) is 0 Å². The first-order chi connectivity index (χ1) is 11.7. The van der Waals surface area contributed by atoms with Crippen LogP contribution in [0.4, 0.5) is 5.82 Å². The maximum atomic E-state index is 12.3. The van der Waals surface area contributed by atoms with Crippen molar-refractivity contribution in [3.63, 3.8) is 0 Å². The van der Waals surface area contributed by atoms with Crippen molar-refractivity contribution >= 4 is 22.9 Å². The van der Waals surface area contributed by atoms with Crippen LogP contribution in [0.2, 0.25) is 0 Å². The van der Waals surface area contributed by atoms with Crippen molar-refractivity contribution < 1.29 is 9.53 Å². The number of rotatable bonds is 0. The predicted octanol–water partition coefficient (Wildman–Crippen LogP) is 2.25. The van der Waals surface area contributed by atoms with Gasteiger partial charge in [-0.1, -0.05) is 18.2 Å². The number of fused-ring (bicyclic) bond motifs is 2. The summed E-state index contributed by atoms with van der Waals surface area (Å²) in [4.78, 5) is 24.2. The van der Waals surface area contributed by atoms with Gasteiger partial charge in [0.25, 0.3) is 5.91 Å². The van der Waals surface area contributed by atoms with E-state index in [4.69, 9.17) is 4.74 Å². The molecule has 0 spiro atoms. The second-order valence-corrected chi connectivity index (χ2v) is 5.66. The number of nitrogens with zero attached hydrogens (tertiary/aromatic N) is 2. The standard InChI is InChI=1S/C17H17N5O2/c1-10-11-4-2-3-5-13(11)24-7-6-18-17(23)12-8-19-16-15(12)22-14(21-10)9-20-16/h2-5,8-10H,6-7H2,1H3,(H,18,23)(H,19,20)(H,21,22). The van der Waals surface area contributed by atoms with Crippen molar-refractivity contribution in [1.82, 2.24) is 20.3 Å². The number of ether oxygens (including phenoxy) is 1. The van der Waals surface area contributed by atoms with E-state index in [1.165, 1.54) is 0 Å². The number of carbonyl (C=O) groups excluding carboxylic acids is 1. The highest BCUT2D eigenvalue weighted by Crippen LogP contribution is 2.28. The van der Waals surface area contributed by atoms with Gasteiger partial charge in [-0.25, -0.2) is 9.97 Å². The van der Waals surface area contributed by atoms with E-state index in [1.807, 2.05) is 31.2 Å². The molecular weight excluding hydrogens is 306 g/mol. The normalized spacial score (nSPS) is 17.7. The number of amides is 1. The summed E-state index contributed by atoms with van der Waals surface area (Å²) in [7, 11) is 0. The Hall–Kier alpha value is -3.09. The summed E-state index contributed by atoms with van der Waals surface area (Å²) in [6.45, 7) is 2.84. The fourth-order valence-electron chi connectivity index (χ4n) is 2.82. The predicted molar refractivity (Wildman–Crippen MR) is 90.2 cm³/mol. The molecule has 24 heavy (non-hydrogen) atoms. The van der Waals surface area contributed by atoms with Gasteiger partial charge in [0.1, 0.15) is 23.7 Å². The Kier molecular flexibility index (Phi) is 3.53. The van der Waals surface area contributed by atoms with E-state index in [0.717, 1.165) is 11.3 Å². The van der Waals surface area contributed by atoms with Gasteiger partial charge >= 0.3 is 0 Å². The van der Waals surface area contributed by atoms with Gasteiger partial charge in [-0.15, -0.1) is 0 Å². The van der Waals surface area contributed by atoms with E-state index < -0.39 is 0 Å². The van der Waals surface area contributed by atoms with Crippen LogP contribution in [0.25, 0.3) is 11.2 Å². The molecule has 2 aromatic heterocycles. The van der Waals surface area contributed by atoms with Crippen LogP contribution in [0.15, 0.2) is 36.7 Å². The number of nitrogens with one attached hydrogen (secondary N) is 3. The SMILES string of the molecule is CC1Nc2cnc3[nH]cc(c3n2)C(=O)NCCOc2ccccc21. The second-order valence-electron chi connectivity index (χ2n) is 5.66. The summed E-state index contributed by atoms with van der Waals surface area (Å²) >= 11 is 0. The Balaban J connectivity index is 1.79. The fraction of sp³-hybridized carbons (Fsp3) is 0.235. The minimum absolute atomic E-state index is 0.0141. The lowest BCUT2D eigenvalue weighted by molar-refractivity contribution is 0.0948. The maximum Gasteiger partial charge on any atom is 0.255 e. The van der Waals surface area contributed by atoms with E-state index in [2.05, 4.69) is 25.6 Å². The fourth-order valence-corrected chi connectivity index (χ4v) is 2.82. The van der Waals surface area contributed by atoms with E-state index in [1.54, 1.807) is 12.4 Å². The summed E-state index contributed by atoms with van der Waals surface area (Å²) in [6.07, 6.45) is 3.28. The molecule has 4 rings (SSSR count). The Labute approximate surface area is 138 Å². The lowest BCUT2D eigenvalue weighted by atomic mass is 10.1. The third-order valence-electron chi connectivity index (χ3n) is 4.02. The quantitative estimate of drug-likeness (QED) is 0.590. The number of benzene rings is 1. The van der Waals surface area contributed by atoms with E-state index in [-0.39, 0.29) is 11.9 Å². The highest BCUT2D eigenvalue weighted by atomic mass is 16.5. The number of hydrogen-bond donors (Lipinski definition) is 3. The van der Waals surface area contributed by atoms with Crippen LogP contribution in [0.5, 0.6) is 5.75 Å². The third kappa shape index (κ3) is 2.54. The molecule has 0 saturated heterocycles. The first-order valence-corrected chi connectivity index (χ1v) is 7.83. The number of carbonyl (C=O) groups is 1. The number of anilines is 1. The minimum atomic E-state index is -0.197. The molecule has 7 nitrogen and oxygen atoms in total. The largest absolute Gasteiger partial charge is 0.491 e. The van der Waals surface area contributed by atoms with Gasteiger partial charge in [-0.3, -0.25) is 4.79 Å². The molecule has 3 N–H and O–H groups in total. The summed E-state index contributed by atoms with van der Waals surface area (Å²) in [5, 5.41) is 6.17. The molecule has 1 aliphatic heterocycles. The number of aromatic amines is 1. The molecule has 1 aromatic carbocycles. The average molecular weight is 323 g/mol. The third-order valence-corrected chi connectivity index (χ3v) is 4.02. The zero-order chi connectivity index (χ0) is 16.5. The monoisotopic (exact) mass is 323 g/mol. The summed E-state index contributed by atoms with van der Waals surface area (Å²) in [5.74, 6) is 1.20. The molecule has 0 aliphatic carbocycles. The minimum Gasteiger partial charge on any atom is -0.491 e. The molecule has 0 saturated carbocycles. The zero-order valence-electron chi connectivity index (χ0n) is 13.2. The van der Waals surface area contributed by atoms with Crippen LogP contribution < -0.4 is 15.4 Å². The Morgan fingerprint density at radius 3 is 3.08 bits per heavy atom. The van der Waals surface area contributed by atoms with Gasteiger partial charge in [0.05, 0.1) is 24.3 Å². The van der Waals surface area contributed by atoms with E-state index >= 15 is 0 Å². The van der Waals surface area contributed by atoms with Crippen molar-refractivity contribution in [3.05, 3.63) is 47.8 Å². The first-order valence-electron chi connectivity index (χ1n) is 7.83. The van der Waals surface area contributed by atoms with Gasteiger partial charge in [0.2, 0.25) is 0 Å². The molecule has 122 valence electrons. The van der Waals surface area contributed by atoms with Crippen LogP contribution >= 0.6 is 0 Å². The van der Waals surface area contributed by atoms with Crippen molar-refractivity contribution in [2.24, 2.45) is 0 Å². The van der Waals surface area contributed by atoms with Crippen LogP contribution in [-0.2, 0) is 0 Å². The topological polar surface area (TPSA) is 91.9 Å². The van der Waals surface area contributed by atoms with E-state index in [0.29, 0.717) is 35.7 Å². The molecule has 1 unspecified atom stereocenters. The van der Waals surface area contributed by atoms with Gasteiger partial charge in [-0.2, -0.15) is 0 Å². The van der Waals surface area contributed by atoms with Crippen LogP contribution in [-0.4, -0.2) is 34.0 Å². The summed E-state index contributed by atoms with van der Waals surface area (Å²) in [5.41, 5.74) is 2.65. The molecular formula is C17H17N5O2. The number of aromatic nitrogens is 3. The lowest BCUT2D eigenvalue weighted by Gasteiger charge is -2.18. The molecule has 0 fully saturated rings. The molecule has 1 aliphatic rings. The Morgan fingerprint density at radius 1 is 1.29 bits per heavy atom. The van der Waals surface area contributed by atoms with Gasteiger partial charge in [0, 0.05) is 11.8 Å². The van der Waals surface area contributed by atoms with Crippen LogP contribution in [0.3, 0.4) is 0 Å². The Bertz CT molecular complexity index is 905. The second kappa shape index (κ2) is 5.84. The summed E-state index contributed by atoms with van der Waals surface area (Å²) < 4.78 is 5.84. The zero-order valence-corrected chi connectivity index (χ0v) is 13.2. The molecule has 3 heterocycles. The van der Waals surface area contributed by atoms with Gasteiger partial charge in [-0.05, 0) is 13.0 Å². The lowest BCUT2D eigenvalue weighted by Crippen LogP contribution is -2.28. The highest BCUT2D eigenvalue weighted by molar-refractivity contribution is 6.04. The number of H-pyrrole nitrogens is 1. The molecule has 2 bridgehead atoms. The van der Waals surface area contributed by atoms with Crippen molar-refractivity contribution in [2.75, 3.05) is 18.5 Å². The van der Waals surface area contributed by atoms with Crippen LogP contribution in [0.1, 0.15) is 28.9 Å². The smallest absolute Gasteiger partial charge is 0.255 e. The molecule has 7 heteroatoms. The number of para-hydroxylation sites is 1. The number of hydrogen-bond acceptors (Lipinski definition) is 5. The highest BCUT2D eigenvalue weighted by Gasteiger charge is 2.17. The maximum absolute atomic E-state index is 12.3. The molecule has 1 atom stereocenters. The Morgan fingerprint density at radius 2 is 2.17 bits per heavy atom. The average Bonchev–Trinajstić information content (AvgIpc) is 3.01. The summed E-state index contributed by atoms with van der Waals surface area (Å²) in [6, 6.07) is 7.82. The van der Waals surface area contributed by atoms with Crippen molar-refractivity contribution in [1.29, 1.82) is 0 Å². The first kappa shape index (κ1) is 14.5. The van der Waals surface area contributed by atoms with E-state index in [9.17, 15) is 4.79 Å². The van der Waals surface area contributed by atoms with Crippen molar-refractivity contribution in [3.8, 4) is 5.75 Å². The molecule has 1 amide bonds. The van der Waals surface area contributed by atoms with Crippen molar-refractivity contribution in [2.45, 2.75) is 13.0 Å².